The third kappa shape index (κ3) is 4.75. The molecule has 0 spiro atoms. The largest absolute Gasteiger partial charge is 0.494 e. The van der Waals surface area contributed by atoms with E-state index in [0.29, 0.717) is 23.0 Å². The summed E-state index contributed by atoms with van der Waals surface area (Å²) in [5.74, 6) is 1.02. The van der Waals surface area contributed by atoms with Gasteiger partial charge >= 0.3 is 0 Å². The smallest absolute Gasteiger partial charge is 0.243 e. The molecular weight excluding hydrogens is 517 g/mol. The number of hydrogen-bond donors (Lipinski definition) is 1. The van der Waals surface area contributed by atoms with Crippen LogP contribution in [0, 0.1) is 18.3 Å². The highest BCUT2D eigenvalue weighted by molar-refractivity contribution is 7.93. The first-order chi connectivity index (χ1) is 18.0. The molecule has 4 aromatic rings. The molecule has 1 N–H and O–H groups in total. The Kier molecular flexibility index (Phi) is 7.05. The van der Waals surface area contributed by atoms with Gasteiger partial charge in [-0.25, -0.2) is 22.8 Å². The van der Waals surface area contributed by atoms with E-state index in [2.05, 4.69) is 24.9 Å². The first-order valence-electron chi connectivity index (χ1n) is 11.2. The molecule has 12 nitrogen and oxygen atoms in total. The zero-order chi connectivity index (χ0) is 27.7. The zero-order valence-electron chi connectivity index (χ0n) is 21.1. The van der Waals surface area contributed by atoms with Crippen molar-refractivity contribution in [3.63, 3.8) is 0 Å². The summed E-state index contributed by atoms with van der Waals surface area (Å²) >= 11 is 0. The minimum atomic E-state index is -4.47. The number of hydrogen-bond acceptors (Lipinski definition) is 10. The number of nitriles is 1. The Balaban J connectivity index is 1.83. The van der Waals surface area contributed by atoms with Crippen molar-refractivity contribution in [3.8, 4) is 34.8 Å². The van der Waals surface area contributed by atoms with Crippen LogP contribution in [0.15, 0.2) is 47.1 Å². The third-order valence-electron chi connectivity index (χ3n) is 5.93. The molecule has 3 aromatic heterocycles. The van der Waals surface area contributed by atoms with Gasteiger partial charge in [-0.1, -0.05) is 6.07 Å². The van der Waals surface area contributed by atoms with Crippen molar-refractivity contribution in [1.82, 2.24) is 24.7 Å². The SMILES string of the molecule is COc1cccc(OC)c1-n1c(NS(=O)(=O)[C@@H](C)[C@@](C)(F)c2ncc(C#N)cn2)nnc1-c1ccc(C)o1. The normalized spacial score (nSPS) is 13.8. The van der Waals surface area contributed by atoms with Crippen LogP contribution in [0.5, 0.6) is 11.5 Å². The number of nitrogens with one attached hydrogen (secondary N) is 1. The second-order valence-corrected chi connectivity index (χ2v) is 10.4. The highest BCUT2D eigenvalue weighted by atomic mass is 32.2. The molecule has 4 rings (SSSR count). The van der Waals surface area contributed by atoms with E-state index in [-0.39, 0.29) is 23.0 Å². The van der Waals surface area contributed by atoms with Gasteiger partial charge in [-0.2, -0.15) is 5.26 Å². The molecule has 0 aliphatic rings. The number of sulfonamides is 1. The standard InChI is InChI=1S/C24H24FN7O5S/c1-14-9-10-19(37-14)21-29-30-23(32(21)20-17(35-4)7-6-8-18(20)36-5)31-38(33,34)15(2)24(3,25)22-27-12-16(11-26)13-28-22/h6-10,12-13,15H,1-5H3,(H,30,31)/t15-,24+/m0/s1. The van der Waals surface area contributed by atoms with Crippen molar-refractivity contribution in [2.45, 2.75) is 31.7 Å². The van der Waals surface area contributed by atoms with Crippen LogP contribution in [-0.4, -0.2) is 52.6 Å². The van der Waals surface area contributed by atoms with Gasteiger partial charge in [0, 0.05) is 12.4 Å². The van der Waals surface area contributed by atoms with E-state index in [4.69, 9.17) is 19.2 Å². The molecule has 0 saturated heterocycles. The topological polar surface area (TPSA) is 158 Å². The molecule has 0 amide bonds. The van der Waals surface area contributed by atoms with Crippen LogP contribution in [0.25, 0.3) is 17.3 Å². The number of rotatable bonds is 9. The van der Waals surface area contributed by atoms with Gasteiger partial charge in [-0.15, -0.1) is 10.2 Å². The van der Waals surface area contributed by atoms with Crippen LogP contribution in [0.2, 0.25) is 0 Å². The van der Waals surface area contributed by atoms with Gasteiger partial charge in [0.1, 0.15) is 34.3 Å². The molecule has 0 radical (unpaired) electrons. The molecule has 0 fully saturated rings. The number of anilines is 1. The number of furan rings is 1. The molecule has 0 unspecified atom stereocenters. The van der Waals surface area contributed by atoms with Crippen LogP contribution >= 0.6 is 0 Å². The summed E-state index contributed by atoms with van der Waals surface area (Å²) in [6.45, 7) is 3.96. The number of aromatic nitrogens is 5. The first-order valence-corrected chi connectivity index (χ1v) is 12.7. The van der Waals surface area contributed by atoms with Crippen LogP contribution in [-0.2, 0) is 15.7 Å². The molecule has 0 saturated carbocycles. The highest BCUT2D eigenvalue weighted by Gasteiger charge is 2.45. The second-order valence-electron chi connectivity index (χ2n) is 8.38. The maximum atomic E-state index is 15.9. The van der Waals surface area contributed by atoms with Crippen LogP contribution in [0.4, 0.5) is 10.3 Å². The maximum absolute atomic E-state index is 15.9. The number of aryl methyl sites for hydroxylation is 1. The van der Waals surface area contributed by atoms with Crippen LogP contribution < -0.4 is 14.2 Å². The molecule has 198 valence electrons. The Morgan fingerprint density at radius 3 is 2.29 bits per heavy atom. The van der Waals surface area contributed by atoms with Crippen molar-refractivity contribution < 1.29 is 26.7 Å². The summed E-state index contributed by atoms with van der Waals surface area (Å²) in [4.78, 5) is 7.68. The van der Waals surface area contributed by atoms with Crippen LogP contribution in [0.3, 0.4) is 0 Å². The Labute approximate surface area is 218 Å². The monoisotopic (exact) mass is 541 g/mol. The lowest BCUT2D eigenvalue weighted by molar-refractivity contribution is 0.175. The predicted molar refractivity (Wildman–Crippen MR) is 134 cm³/mol. The lowest BCUT2D eigenvalue weighted by Crippen LogP contribution is -2.41. The summed E-state index contributed by atoms with van der Waals surface area (Å²) in [5.41, 5.74) is -2.14. The fourth-order valence-corrected chi connectivity index (χ4v) is 4.91. The third-order valence-corrected chi connectivity index (χ3v) is 7.77. The molecule has 0 aliphatic carbocycles. The van der Waals surface area contributed by atoms with Gasteiger partial charge in [-0.05, 0) is 45.0 Å². The molecule has 2 atom stereocenters. The number of methoxy groups -OCH3 is 2. The zero-order valence-corrected chi connectivity index (χ0v) is 21.9. The Morgan fingerprint density at radius 2 is 1.76 bits per heavy atom. The van der Waals surface area contributed by atoms with Gasteiger partial charge < -0.3 is 13.9 Å². The van der Waals surface area contributed by atoms with Crippen LogP contribution in [0.1, 0.15) is 31.0 Å². The van der Waals surface area contributed by atoms with E-state index in [0.717, 1.165) is 19.3 Å². The lowest BCUT2D eigenvalue weighted by atomic mass is 10.0. The van der Waals surface area contributed by atoms with E-state index in [9.17, 15) is 8.42 Å². The van der Waals surface area contributed by atoms with Gasteiger partial charge in [0.05, 0.1) is 19.8 Å². The van der Waals surface area contributed by atoms with Crippen molar-refractivity contribution in [2.75, 3.05) is 18.9 Å². The first kappa shape index (κ1) is 26.6. The number of halogens is 1. The molecule has 3 heterocycles. The summed E-state index contributed by atoms with van der Waals surface area (Å²) in [6, 6.07) is 10.2. The van der Waals surface area contributed by atoms with Crippen molar-refractivity contribution in [3.05, 3.63) is 59.9 Å². The average molecular weight is 542 g/mol. The number of para-hydroxylation sites is 1. The maximum Gasteiger partial charge on any atom is 0.243 e. The molecule has 0 bridgehead atoms. The van der Waals surface area contributed by atoms with Gasteiger partial charge in [0.25, 0.3) is 0 Å². The minimum absolute atomic E-state index is 0.109. The van der Waals surface area contributed by atoms with Crippen molar-refractivity contribution in [1.29, 1.82) is 5.26 Å². The van der Waals surface area contributed by atoms with Gasteiger partial charge in [0.2, 0.25) is 21.8 Å². The van der Waals surface area contributed by atoms with E-state index in [1.54, 1.807) is 37.3 Å². The van der Waals surface area contributed by atoms with Crippen molar-refractivity contribution in [2.24, 2.45) is 0 Å². The van der Waals surface area contributed by atoms with E-state index < -0.39 is 26.8 Å². The number of alkyl halides is 1. The molecule has 14 heteroatoms. The Hall–Kier alpha value is -4.51. The fourth-order valence-electron chi connectivity index (χ4n) is 3.66. The Bertz CT molecular complexity index is 1590. The van der Waals surface area contributed by atoms with E-state index >= 15 is 4.39 Å². The second kappa shape index (κ2) is 10.1. The van der Waals surface area contributed by atoms with E-state index in [1.165, 1.54) is 25.7 Å². The van der Waals surface area contributed by atoms with E-state index in [1.807, 2.05) is 6.07 Å². The van der Waals surface area contributed by atoms with Gasteiger partial charge in [0.15, 0.2) is 17.3 Å². The molecular formula is C24H24FN7O5S. The van der Waals surface area contributed by atoms with Crippen molar-refractivity contribution >= 4 is 16.0 Å². The summed E-state index contributed by atoms with van der Waals surface area (Å²) in [5, 5.41) is 15.4. The summed E-state index contributed by atoms with van der Waals surface area (Å²) in [7, 11) is -1.59. The lowest BCUT2D eigenvalue weighted by Gasteiger charge is -2.26. The highest BCUT2D eigenvalue weighted by Crippen LogP contribution is 2.39. The quantitative estimate of drug-likeness (QED) is 0.332. The minimum Gasteiger partial charge on any atom is -0.494 e. The molecule has 0 aliphatic heterocycles. The molecule has 38 heavy (non-hydrogen) atoms. The average Bonchev–Trinajstić information content (AvgIpc) is 3.52. The summed E-state index contributed by atoms with van der Waals surface area (Å²) in [6.07, 6.45) is 2.24. The summed E-state index contributed by atoms with van der Waals surface area (Å²) < 4.78 is 63.2. The van der Waals surface area contributed by atoms with Gasteiger partial charge in [-0.3, -0.25) is 9.29 Å². The number of nitrogens with zero attached hydrogens (tertiary/aromatic N) is 6. The number of ether oxygens (including phenoxy) is 2. The predicted octanol–water partition coefficient (Wildman–Crippen LogP) is 3.53. The number of benzene rings is 1. The fraction of sp³-hybridized carbons (Fsp3) is 0.292. The molecule has 1 aromatic carbocycles. The Morgan fingerprint density at radius 1 is 1.13 bits per heavy atom.